The van der Waals surface area contributed by atoms with Gasteiger partial charge in [0.1, 0.15) is 18.2 Å². The highest BCUT2D eigenvalue weighted by molar-refractivity contribution is 5.78. The summed E-state index contributed by atoms with van der Waals surface area (Å²) in [5.41, 5.74) is 0.277. The largest absolute Gasteiger partial charge is 0.342 e. The molecule has 1 amide bonds. The number of halogens is 2. The van der Waals surface area contributed by atoms with E-state index in [-0.39, 0.29) is 31.1 Å². The van der Waals surface area contributed by atoms with Crippen LogP contribution >= 0.6 is 0 Å². The van der Waals surface area contributed by atoms with Gasteiger partial charge in [-0.25, -0.2) is 8.78 Å². The lowest BCUT2D eigenvalue weighted by Crippen LogP contribution is -2.33. The third-order valence-corrected chi connectivity index (χ3v) is 1.98. The van der Waals surface area contributed by atoms with Crippen molar-refractivity contribution < 1.29 is 13.6 Å². The van der Waals surface area contributed by atoms with Gasteiger partial charge in [0.05, 0.1) is 12.6 Å². The first kappa shape index (κ1) is 13.1. The zero-order valence-corrected chi connectivity index (χ0v) is 8.96. The molecule has 0 aliphatic rings. The molecule has 0 bridgehead atoms. The summed E-state index contributed by atoms with van der Waals surface area (Å²) in [5.74, 6) is -1.65. The maximum absolute atomic E-state index is 13.2. The molecule has 1 rings (SSSR count). The minimum absolute atomic E-state index is 0.0293. The smallest absolute Gasteiger partial charge is 0.234 e. The summed E-state index contributed by atoms with van der Waals surface area (Å²) in [7, 11) is 0. The number of hydrogen-bond acceptors (Lipinski definition) is 3. The van der Waals surface area contributed by atoms with Gasteiger partial charge >= 0.3 is 0 Å². The van der Waals surface area contributed by atoms with Crippen LogP contribution in [0.2, 0.25) is 0 Å². The lowest BCUT2D eigenvalue weighted by atomic mass is 10.2. The highest BCUT2D eigenvalue weighted by atomic mass is 19.1. The van der Waals surface area contributed by atoms with Crippen molar-refractivity contribution in [3.05, 3.63) is 35.4 Å². The predicted molar refractivity (Wildman–Crippen MR) is 56.7 cm³/mol. The van der Waals surface area contributed by atoms with Gasteiger partial charge in [0, 0.05) is 18.2 Å². The number of carbonyl (C=O) groups is 1. The van der Waals surface area contributed by atoms with E-state index in [0.717, 1.165) is 12.1 Å². The first-order chi connectivity index (χ1) is 8.13. The quantitative estimate of drug-likeness (QED) is 0.743. The number of nitrogens with one attached hydrogen (secondary N) is 2. The van der Waals surface area contributed by atoms with E-state index in [4.69, 9.17) is 5.26 Å². The van der Waals surface area contributed by atoms with E-state index in [0.29, 0.717) is 0 Å². The molecule has 0 atom stereocenters. The van der Waals surface area contributed by atoms with Gasteiger partial charge < -0.3 is 10.6 Å². The van der Waals surface area contributed by atoms with Crippen molar-refractivity contribution in [1.82, 2.24) is 10.6 Å². The SMILES string of the molecule is N#CCNC(=O)CNCc1ccc(F)cc1F. The molecule has 0 aliphatic carbocycles. The molecule has 6 heteroatoms. The first-order valence-corrected chi connectivity index (χ1v) is 4.92. The van der Waals surface area contributed by atoms with Crippen molar-refractivity contribution >= 4 is 5.91 Å². The maximum atomic E-state index is 13.2. The fourth-order valence-electron chi connectivity index (χ4n) is 1.18. The van der Waals surface area contributed by atoms with Gasteiger partial charge in [0.2, 0.25) is 5.91 Å². The molecule has 17 heavy (non-hydrogen) atoms. The fraction of sp³-hybridized carbons (Fsp3) is 0.273. The van der Waals surface area contributed by atoms with E-state index in [2.05, 4.69) is 10.6 Å². The van der Waals surface area contributed by atoms with Gasteiger partial charge in [-0.1, -0.05) is 6.07 Å². The van der Waals surface area contributed by atoms with Crippen molar-refractivity contribution in [2.75, 3.05) is 13.1 Å². The molecule has 2 N–H and O–H groups in total. The van der Waals surface area contributed by atoms with Crippen LogP contribution in [0.15, 0.2) is 18.2 Å². The summed E-state index contributed by atoms with van der Waals surface area (Å²) in [6.45, 7) is 0.0238. The van der Waals surface area contributed by atoms with E-state index in [1.807, 2.05) is 0 Å². The Bertz CT molecular complexity index is 443. The Morgan fingerprint density at radius 2 is 2.18 bits per heavy atom. The summed E-state index contributed by atoms with van der Waals surface area (Å²) in [6, 6.07) is 5.00. The number of carbonyl (C=O) groups excluding carboxylic acids is 1. The van der Waals surface area contributed by atoms with Crippen molar-refractivity contribution in [3.8, 4) is 6.07 Å². The molecule has 0 aromatic heterocycles. The standard InChI is InChI=1S/C11H11F2N3O/c12-9-2-1-8(10(13)5-9)6-15-7-11(17)16-4-3-14/h1-2,5,15H,4,6-7H2,(H,16,17). The van der Waals surface area contributed by atoms with Gasteiger partial charge in [-0.05, 0) is 6.07 Å². The summed E-state index contributed by atoms with van der Waals surface area (Å²) in [4.78, 5) is 11.1. The van der Waals surface area contributed by atoms with Crippen LogP contribution in [0.5, 0.6) is 0 Å². The average molecular weight is 239 g/mol. The van der Waals surface area contributed by atoms with E-state index in [1.165, 1.54) is 6.07 Å². The molecule has 4 nitrogen and oxygen atoms in total. The zero-order valence-electron chi connectivity index (χ0n) is 8.96. The molecule has 0 heterocycles. The van der Waals surface area contributed by atoms with Crippen LogP contribution in [0, 0.1) is 23.0 Å². The lowest BCUT2D eigenvalue weighted by Gasteiger charge is -2.05. The molecule has 0 aliphatic heterocycles. The van der Waals surface area contributed by atoms with Crippen LogP contribution in [-0.2, 0) is 11.3 Å². The number of amides is 1. The van der Waals surface area contributed by atoms with Crippen LogP contribution in [-0.4, -0.2) is 19.0 Å². The highest BCUT2D eigenvalue weighted by Crippen LogP contribution is 2.08. The van der Waals surface area contributed by atoms with Gasteiger partial charge in [-0.2, -0.15) is 5.26 Å². The van der Waals surface area contributed by atoms with Crippen molar-refractivity contribution in [3.63, 3.8) is 0 Å². The van der Waals surface area contributed by atoms with Crippen molar-refractivity contribution in [1.29, 1.82) is 5.26 Å². The van der Waals surface area contributed by atoms with E-state index in [9.17, 15) is 13.6 Å². The molecule has 90 valence electrons. The van der Waals surface area contributed by atoms with E-state index in [1.54, 1.807) is 6.07 Å². The van der Waals surface area contributed by atoms with Crippen LogP contribution in [0.25, 0.3) is 0 Å². The number of nitrogens with zero attached hydrogens (tertiary/aromatic N) is 1. The number of benzene rings is 1. The molecule has 0 saturated heterocycles. The minimum atomic E-state index is -0.657. The molecular formula is C11H11F2N3O. The minimum Gasteiger partial charge on any atom is -0.342 e. The number of rotatable bonds is 5. The summed E-state index contributed by atoms with van der Waals surface area (Å²) in [6.07, 6.45) is 0. The van der Waals surface area contributed by atoms with Crippen molar-refractivity contribution in [2.24, 2.45) is 0 Å². The second-order valence-electron chi connectivity index (χ2n) is 3.27. The van der Waals surface area contributed by atoms with E-state index < -0.39 is 11.6 Å². The van der Waals surface area contributed by atoms with Crippen LogP contribution < -0.4 is 10.6 Å². The molecule has 0 radical (unpaired) electrons. The van der Waals surface area contributed by atoms with E-state index >= 15 is 0 Å². The molecule has 0 spiro atoms. The second-order valence-corrected chi connectivity index (χ2v) is 3.27. The summed E-state index contributed by atoms with van der Waals surface area (Å²) >= 11 is 0. The predicted octanol–water partition coefficient (Wildman–Crippen LogP) is 0.694. The molecule has 1 aromatic carbocycles. The number of hydrogen-bond donors (Lipinski definition) is 2. The van der Waals surface area contributed by atoms with Gasteiger partial charge in [0.15, 0.2) is 0 Å². The van der Waals surface area contributed by atoms with Gasteiger partial charge in [-0.3, -0.25) is 4.79 Å². The first-order valence-electron chi connectivity index (χ1n) is 4.92. The Kier molecular flexibility index (Phi) is 5.04. The molecule has 0 saturated carbocycles. The molecular weight excluding hydrogens is 228 g/mol. The summed E-state index contributed by atoms with van der Waals surface area (Å²) in [5, 5.41) is 13.2. The molecule has 1 aromatic rings. The van der Waals surface area contributed by atoms with Gasteiger partial charge in [0.25, 0.3) is 0 Å². The Morgan fingerprint density at radius 1 is 1.41 bits per heavy atom. The summed E-state index contributed by atoms with van der Waals surface area (Å²) < 4.78 is 25.7. The van der Waals surface area contributed by atoms with Crippen LogP contribution in [0.4, 0.5) is 8.78 Å². The topological polar surface area (TPSA) is 64.9 Å². The lowest BCUT2D eigenvalue weighted by molar-refractivity contribution is -0.120. The molecule has 0 unspecified atom stereocenters. The van der Waals surface area contributed by atoms with Crippen molar-refractivity contribution in [2.45, 2.75) is 6.54 Å². The maximum Gasteiger partial charge on any atom is 0.234 e. The Balaban J connectivity index is 2.36. The van der Waals surface area contributed by atoms with Gasteiger partial charge in [-0.15, -0.1) is 0 Å². The third kappa shape index (κ3) is 4.57. The fourth-order valence-corrected chi connectivity index (χ4v) is 1.18. The van der Waals surface area contributed by atoms with Crippen LogP contribution in [0.1, 0.15) is 5.56 Å². The Hall–Kier alpha value is -2.00. The average Bonchev–Trinajstić information content (AvgIpc) is 2.29. The Labute approximate surface area is 97.2 Å². The third-order valence-electron chi connectivity index (χ3n) is 1.98. The second kappa shape index (κ2) is 6.55. The number of nitriles is 1. The van der Waals surface area contributed by atoms with Crippen LogP contribution in [0.3, 0.4) is 0 Å². The molecule has 0 fully saturated rings. The highest BCUT2D eigenvalue weighted by Gasteiger charge is 2.04. The monoisotopic (exact) mass is 239 g/mol. The Morgan fingerprint density at radius 3 is 2.82 bits per heavy atom. The normalized spacial score (nSPS) is 9.71. The zero-order chi connectivity index (χ0) is 12.7.